The zero-order chi connectivity index (χ0) is 17.8. The van der Waals surface area contributed by atoms with Gasteiger partial charge >= 0.3 is 0 Å². The van der Waals surface area contributed by atoms with Gasteiger partial charge in [0.1, 0.15) is 0 Å². The van der Waals surface area contributed by atoms with Crippen molar-refractivity contribution in [1.29, 1.82) is 0 Å². The molecule has 0 aliphatic carbocycles. The topological polar surface area (TPSA) is 89.2 Å². The molecule has 1 aromatic carbocycles. The van der Waals surface area contributed by atoms with Gasteiger partial charge in [-0.2, -0.15) is 10.2 Å². The lowest BCUT2D eigenvalue weighted by atomic mass is 10.1. The lowest BCUT2D eigenvalue weighted by molar-refractivity contribution is 0.0949. The van der Waals surface area contributed by atoms with Gasteiger partial charge in [0, 0.05) is 23.3 Å². The standard InChI is InChI=1S/C18H17N5O2/c1-12(2)23-18(25)15-8-4-3-7-14(15)16(22-23)17(24)21-20-11-13-6-5-9-19-10-13/h3-12H,1-2H3,(H,21,24)/b20-11+. The van der Waals surface area contributed by atoms with Gasteiger partial charge in [-0.05, 0) is 26.0 Å². The lowest BCUT2D eigenvalue weighted by Crippen LogP contribution is -2.30. The molecule has 126 valence electrons. The van der Waals surface area contributed by atoms with Crippen molar-refractivity contribution in [3.63, 3.8) is 0 Å². The molecule has 0 aliphatic rings. The maximum absolute atomic E-state index is 12.5. The van der Waals surface area contributed by atoms with Crippen LogP contribution in [0, 0.1) is 0 Å². The van der Waals surface area contributed by atoms with Gasteiger partial charge in [-0.15, -0.1) is 0 Å². The Balaban J connectivity index is 1.97. The van der Waals surface area contributed by atoms with E-state index in [0.29, 0.717) is 10.8 Å². The second-order valence-electron chi connectivity index (χ2n) is 5.72. The molecule has 0 unspecified atom stereocenters. The SMILES string of the molecule is CC(C)n1nc(C(=O)N/N=C/c2cccnc2)c2ccccc2c1=O. The minimum atomic E-state index is -0.481. The van der Waals surface area contributed by atoms with Crippen molar-refractivity contribution in [3.8, 4) is 0 Å². The van der Waals surface area contributed by atoms with Gasteiger partial charge in [0.15, 0.2) is 5.69 Å². The van der Waals surface area contributed by atoms with E-state index >= 15 is 0 Å². The number of nitrogens with one attached hydrogen (secondary N) is 1. The van der Waals surface area contributed by atoms with Crippen molar-refractivity contribution in [2.45, 2.75) is 19.9 Å². The second-order valence-corrected chi connectivity index (χ2v) is 5.72. The molecule has 0 fully saturated rings. The molecule has 3 rings (SSSR count). The number of hydrogen-bond donors (Lipinski definition) is 1. The molecule has 0 atom stereocenters. The number of aromatic nitrogens is 3. The molecule has 0 radical (unpaired) electrons. The number of benzene rings is 1. The number of hydrogen-bond acceptors (Lipinski definition) is 5. The molecule has 0 bridgehead atoms. The fourth-order valence-electron chi connectivity index (χ4n) is 2.39. The zero-order valence-electron chi connectivity index (χ0n) is 13.9. The third-order valence-electron chi connectivity index (χ3n) is 3.60. The highest BCUT2D eigenvalue weighted by molar-refractivity contribution is 6.04. The molecule has 0 saturated heterocycles. The van der Waals surface area contributed by atoms with Gasteiger partial charge in [0.2, 0.25) is 0 Å². The van der Waals surface area contributed by atoms with Crippen molar-refractivity contribution in [2.24, 2.45) is 5.10 Å². The maximum atomic E-state index is 12.5. The summed E-state index contributed by atoms with van der Waals surface area (Å²) >= 11 is 0. The van der Waals surface area contributed by atoms with Crippen LogP contribution in [0.4, 0.5) is 0 Å². The number of carbonyl (C=O) groups excluding carboxylic acids is 1. The van der Waals surface area contributed by atoms with E-state index in [-0.39, 0.29) is 17.3 Å². The van der Waals surface area contributed by atoms with E-state index < -0.39 is 5.91 Å². The van der Waals surface area contributed by atoms with E-state index in [4.69, 9.17) is 0 Å². The highest BCUT2D eigenvalue weighted by Crippen LogP contribution is 2.14. The molecular formula is C18H17N5O2. The summed E-state index contributed by atoms with van der Waals surface area (Å²) in [4.78, 5) is 29.0. The van der Waals surface area contributed by atoms with E-state index in [1.807, 2.05) is 19.9 Å². The fraction of sp³-hybridized carbons (Fsp3) is 0.167. The number of carbonyl (C=O) groups is 1. The van der Waals surface area contributed by atoms with Crippen LogP contribution in [-0.2, 0) is 0 Å². The van der Waals surface area contributed by atoms with Crippen LogP contribution in [0.3, 0.4) is 0 Å². The van der Waals surface area contributed by atoms with E-state index in [2.05, 4.69) is 20.6 Å². The molecular weight excluding hydrogens is 318 g/mol. The molecule has 2 aromatic heterocycles. The highest BCUT2D eigenvalue weighted by Gasteiger charge is 2.17. The first-order valence-electron chi connectivity index (χ1n) is 7.83. The average Bonchev–Trinajstić information content (AvgIpc) is 2.62. The maximum Gasteiger partial charge on any atom is 0.292 e. The molecule has 0 spiro atoms. The number of amides is 1. The molecule has 2 heterocycles. The Kier molecular flexibility index (Phi) is 4.65. The van der Waals surface area contributed by atoms with Crippen LogP contribution < -0.4 is 11.0 Å². The van der Waals surface area contributed by atoms with Gasteiger partial charge in [0.25, 0.3) is 11.5 Å². The van der Waals surface area contributed by atoms with Crippen molar-refractivity contribution in [1.82, 2.24) is 20.2 Å². The Morgan fingerprint density at radius 1 is 1.20 bits per heavy atom. The van der Waals surface area contributed by atoms with Crippen LogP contribution in [0.15, 0.2) is 58.7 Å². The quantitative estimate of drug-likeness (QED) is 0.584. The molecule has 3 aromatic rings. The van der Waals surface area contributed by atoms with Crippen molar-refractivity contribution in [3.05, 3.63) is 70.4 Å². The largest absolute Gasteiger partial charge is 0.292 e. The summed E-state index contributed by atoms with van der Waals surface area (Å²) in [5, 5.41) is 9.11. The predicted molar refractivity (Wildman–Crippen MR) is 95.7 cm³/mol. The van der Waals surface area contributed by atoms with Crippen LogP contribution in [0.5, 0.6) is 0 Å². The zero-order valence-corrected chi connectivity index (χ0v) is 13.9. The molecule has 7 nitrogen and oxygen atoms in total. The van der Waals surface area contributed by atoms with Crippen LogP contribution in [-0.4, -0.2) is 26.9 Å². The third-order valence-corrected chi connectivity index (χ3v) is 3.60. The summed E-state index contributed by atoms with van der Waals surface area (Å²) in [6, 6.07) is 10.3. The summed E-state index contributed by atoms with van der Waals surface area (Å²) in [5.41, 5.74) is 3.15. The first kappa shape index (κ1) is 16.5. The smallest absolute Gasteiger partial charge is 0.267 e. The van der Waals surface area contributed by atoms with Crippen LogP contribution in [0.25, 0.3) is 10.8 Å². The van der Waals surface area contributed by atoms with E-state index in [1.54, 1.807) is 42.7 Å². The second kappa shape index (κ2) is 7.04. The monoisotopic (exact) mass is 335 g/mol. The molecule has 25 heavy (non-hydrogen) atoms. The fourth-order valence-corrected chi connectivity index (χ4v) is 2.39. The summed E-state index contributed by atoms with van der Waals surface area (Å²) in [5.74, 6) is -0.481. The van der Waals surface area contributed by atoms with Gasteiger partial charge in [-0.3, -0.25) is 14.6 Å². The van der Waals surface area contributed by atoms with Gasteiger partial charge in [-0.25, -0.2) is 10.1 Å². The summed E-state index contributed by atoms with van der Waals surface area (Å²) in [7, 11) is 0. The minimum absolute atomic E-state index is 0.159. The normalized spacial score (nSPS) is 11.3. The summed E-state index contributed by atoms with van der Waals surface area (Å²) in [6.45, 7) is 3.68. The molecule has 1 N–H and O–H groups in total. The van der Waals surface area contributed by atoms with Crippen LogP contribution in [0.2, 0.25) is 0 Å². The minimum Gasteiger partial charge on any atom is -0.267 e. The number of hydrazone groups is 1. The van der Waals surface area contributed by atoms with Crippen LogP contribution >= 0.6 is 0 Å². The summed E-state index contributed by atoms with van der Waals surface area (Å²) in [6.07, 6.45) is 4.77. The lowest BCUT2D eigenvalue weighted by Gasteiger charge is -2.12. The van der Waals surface area contributed by atoms with E-state index in [0.717, 1.165) is 5.56 Å². The average molecular weight is 335 g/mol. The van der Waals surface area contributed by atoms with Crippen LogP contribution in [0.1, 0.15) is 35.9 Å². The number of fused-ring (bicyclic) bond motifs is 1. The van der Waals surface area contributed by atoms with Crippen molar-refractivity contribution in [2.75, 3.05) is 0 Å². The van der Waals surface area contributed by atoms with Gasteiger partial charge < -0.3 is 0 Å². The number of rotatable bonds is 4. The molecule has 0 aliphatic heterocycles. The highest BCUT2D eigenvalue weighted by atomic mass is 16.2. The van der Waals surface area contributed by atoms with E-state index in [1.165, 1.54) is 10.9 Å². The number of pyridine rings is 1. The van der Waals surface area contributed by atoms with Gasteiger partial charge in [-0.1, -0.05) is 24.3 Å². The molecule has 0 saturated carbocycles. The Bertz CT molecular complexity index is 993. The van der Waals surface area contributed by atoms with Gasteiger partial charge in [0.05, 0.1) is 17.6 Å². The first-order valence-corrected chi connectivity index (χ1v) is 7.83. The van der Waals surface area contributed by atoms with Crippen molar-refractivity contribution < 1.29 is 4.79 Å². The Labute approximate surface area is 144 Å². The Hall–Kier alpha value is -3.35. The Morgan fingerprint density at radius 2 is 1.96 bits per heavy atom. The number of nitrogens with zero attached hydrogens (tertiary/aromatic N) is 4. The third kappa shape index (κ3) is 3.45. The van der Waals surface area contributed by atoms with E-state index in [9.17, 15) is 9.59 Å². The van der Waals surface area contributed by atoms with Crippen molar-refractivity contribution >= 4 is 22.9 Å². The first-order chi connectivity index (χ1) is 12.1. The molecule has 7 heteroatoms. The molecule has 1 amide bonds. The summed E-state index contributed by atoms with van der Waals surface area (Å²) < 4.78 is 1.31. The predicted octanol–water partition coefficient (Wildman–Crippen LogP) is 2.14. The Morgan fingerprint density at radius 3 is 2.64 bits per heavy atom.